The molecule has 0 unspecified atom stereocenters. The van der Waals surface area contributed by atoms with Gasteiger partial charge in [0.15, 0.2) is 0 Å². The van der Waals surface area contributed by atoms with E-state index in [-0.39, 0.29) is 24.6 Å². The Kier molecular flexibility index (Phi) is 7.07. The highest BCUT2D eigenvalue weighted by molar-refractivity contribution is 5.78. The van der Waals surface area contributed by atoms with Gasteiger partial charge in [0.05, 0.1) is 19.7 Å². The summed E-state index contributed by atoms with van der Waals surface area (Å²) in [5.74, 6) is 0.720. The average Bonchev–Trinajstić information content (AvgIpc) is 2.60. The topological polar surface area (TPSA) is 71.1 Å². The second-order valence-corrected chi connectivity index (χ2v) is 7.61. The van der Waals surface area contributed by atoms with Gasteiger partial charge in [-0.25, -0.2) is 4.79 Å². The maximum atomic E-state index is 12.6. The van der Waals surface area contributed by atoms with Gasteiger partial charge in [-0.3, -0.25) is 9.69 Å². The van der Waals surface area contributed by atoms with Gasteiger partial charge in [0.25, 0.3) is 0 Å². The molecule has 0 saturated carbocycles. The van der Waals surface area contributed by atoms with Crippen molar-refractivity contribution in [1.82, 2.24) is 15.1 Å². The Balaban J connectivity index is 2.24. The maximum absolute atomic E-state index is 12.6. The molecule has 1 saturated heterocycles. The van der Waals surface area contributed by atoms with Crippen LogP contribution in [0.3, 0.4) is 0 Å². The Morgan fingerprint density at radius 1 is 1.22 bits per heavy atom. The van der Waals surface area contributed by atoms with Crippen molar-refractivity contribution in [1.29, 1.82) is 0 Å². The number of para-hydroxylation sites is 1. The molecular weight excluding hydrogens is 346 g/mol. The van der Waals surface area contributed by atoms with Gasteiger partial charge in [0.1, 0.15) is 11.4 Å². The number of nitrogens with zero attached hydrogens (tertiary/aromatic N) is 2. The van der Waals surface area contributed by atoms with E-state index in [4.69, 9.17) is 9.47 Å². The minimum absolute atomic E-state index is 0.0249. The van der Waals surface area contributed by atoms with E-state index in [9.17, 15) is 9.59 Å². The lowest BCUT2D eigenvalue weighted by Crippen LogP contribution is -2.53. The number of amides is 2. The quantitative estimate of drug-likeness (QED) is 0.853. The van der Waals surface area contributed by atoms with Crippen molar-refractivity contribution in [2.24, 2.45) is 0 Å². The molecule has 1 aliphatic heterocycles. The molecule has 0 aliphatic carbocycles. The first-order chi connectivity index (χ1) is 12.7. The molecule has 7 nitrogen and oxygen atoms in total. The Morgan fingerprint density at radius 3 is 2.56 bits per heavy atom. The Hall–Kier alpha value is -2.28. The lowest BCUT2D eigenvalue weighted by atomic mass is 10.0. The van der Waals surface area contributed by atoms with Gasteiger partial charge in [-0.05, 0) is 33.8 Å². The van der Waals surface area contributed by atoms with Crippen LogP contribution in [-0.2, 0) is 9.53 Å². The number of rotatable bonds is 5. The van der Waals surface area contributed by atoms with Gasteiger partial charge >= 0.3 is 6.09 Å². The summed E-state index contributed by atoms with van der Waals surface area (Å²) in [4.78, 5) is 28.5. The third-order valence-corrected chi connectivity index (χ3v) is 4.36. The Bertz CT molecular complexity index is 657. The molecule has 150 valence electrons. The number of carbonyl (C=O) groups excluding carboxylic acids is 2. The number of benzene rings is 1. The zero-order valence-corrected chi connectivity index (χ0v) is 16.9. The highest BCUT2D eigenvalue weighted by Crippen LogP contribution is 2.32. The average molecular weight is 377 g/mol. The number of hydrogen-bond donors (Lipinski definition) is 1. The summed E-state index contributed by atoms with van der Waals surface area (Å²) in [6, 6.07) is 7.57. The number of nitrogens with one attached hydrogen (secondary N) is 1. The Morgan fingerprint density at radius 2 is 1.93 bits per heavy atom. The molecule has 1 fully saturated rings. The summed E-state index contributed by atoms with van der Waals surface area (Å²) in [7, 11) is 1.63. The molecule has 0 radical (unpaired) electrons. The molecule has 1 N–H and O–H groups in total. The summed E-state index contributed by atoms with van der Waals surface area (Å²) in [6.07, 6.45) is -0.333. The molecule has 1 heterocycles. The van der Waals surface area contributed by atoms with Crippen molar-refractivity contribution in [3.8, 4) is 5.75 Å². The minimum atomic E-state index is -0.546. The fourth-order valence-electron chi connectivity index (χ4n) is 3.18. The number of likely N-dealkylation sites (N-methyl/N-ethyl adjacent to an activating group) is 1. The van der Waals surface area contributed by atoms with Crippen molar-refractivity contribution in [2.75, 3.05) is 39.8 Å². The number of hydrogen-bond acceptors (Lipinski definition) is 5. The zero-order chi connectivity index (χ0) is 20.0. The first-order valence-electron chi connectivity index (χ1n) is 9.36. The molecule has 0 bridgehead atoms. The maximum Gasteiger partial charge on any atom is 0.410 e. The van der Waals surface area contributed by atoms with Crippen molar-refractivity contribution < 1.29 is 19.1 Å². The van der Waals surface area contributed by atoms with Crippen LogP contribution in [-0.4, -0.2) is 67.2 Å². The monoisotopic (exact) mass is 377 g/mol. The summed E-state index contributed by atoms with van der Waals surface area (Å²) in [5.41, 5.74) is 0.410. The van der Waals surface area contributed by atoms with Crippen LogP contribution in [0.4, 0.5) is 4.79 Å². The van der Waals surface area contributed by atoms with Crippen LogP contribution in [0.15, 0.2) is 24.3 Å². The number of carbonyl (C=O) groups is 2. The van der Waals surface area contributed by atoms with Crippen LogP contribution in [0.2, 0.25) is 0 Å². The van der Waals surface area contributed by atoms with Gasteiger partial charge in [-0.1, -0.05) is 18.2 Å². The third kappa shape index (κ3) is 5.85. The molecule has 0 aromatic heterocycles. The second kappa shape index (κ2) is 9.08. The van der Waals surface area contributed by atoms with E-state index in [0.29, 0.717) is 26.2 Å². The van der Waals surface area contributed by atoms with Gasteiger partial charge in [-0.15, -0.1) is 0 Å². The number of ether oxygens (including phenoxy) is 2. The fraction of sp³-hybridized carbons (Fsp3) is 0.600. The van der Waals surface area contributed by atoms with Gasteiger partial charge in [0.2, 0.25) is 5.91 Å². The van der Waals surface area contributed by atoms with E-state index in [1.165, 1.54) is 0 Å². The van der Waals surface area contributed by atoms with E-state index >= 15 is 0 Å². The van der Waals surface area contributed by atoms with Crippen molar-refractivity contribution in [3.63, 3.8) is 0 Å². The van der Waals surface area contributed by atoms with Crippen LogP contribution >= 0.6 is 0 Å². The lowest BCUT2D eigenvalue weighted by molar-refractivity contribution is -0.123. The number of piperazine rings is 1. The van der Waals surface area contributed by atoms with Gasteiger partial charge in [-0.2, -0.15) is 0 Å². The van der Waals surface area contributed by atoms with Crippen LogP contribution in [0.5, 0.6) is 5.75 Å². The van der Waals surface area contributed by atoms with Crippen LogP contribution in [0, 0.1) is 0 Å². The summed E-state index contributed by atoms with van der Waals surface area (Å²) in [6.45, 7) is 9.87. The van der Waals surface area contributed by atoms with Crippen LogP contribution < -0.4 is 10.1 Å². The first-order valence-corrected chi connectivity index (χ1v) is 9.36. The van der Waals surface area contributed by atoms with Crippen LogP contribution in [0.25, 0.3) is 0 Å². The minimum Gasteiger partial charge on any atom is -0.496 e. The molecule has 1 aliphatic rings. The molecule has 27 heavy (non-hydrogen) atoms. The first kappa shape index (κ1) is 21.0. The second-order valence-electron chi connectivity index (χ2n) is 7.61. The largest absolute Gasteiger partial charge is 0.496 e. The highest BCUT2D eigenvalue weighted by Gasteiger charge is 2.34. The summed E-state index contributed by atoms with van der Waals surface area (Å²) < 4.78 is 11.0. The van der Waals surface area contributed by atoms with Crippen LogP contribution in [0.1, 0.15) is 39.3 Å². The predicted octanol–water partition coefficient (Wildman–Crippen LogP) is 2.43. The highest BCUT2D eigenvalue weighted by atomic mass is 16.6. The number of methoxy groups -OCH3 is 1. The van der Waals surface area contributed by atoms with E-state index in [1.54, 1.807) is 12.0 Å². The van der Waals surface area contributed by atoms with Crippen molar-refractivity contribution in [3.05, 3.63) is 29.8 Å². The SMILES string of the molecule is CCNC(=O)CN1CCN(C(=O)OC(C)(C)C)C[C@H]1c1ccccc1OC. The normalized spacial score (nSPS) is 18.1. The predicted molar refractivity (Wildman–Crippen MR) is 104 cm³/mol. The molecule has 1 aromatic rings. The molecular formula is C20H31N3O4. The van der Waals surface area contributed by atoms with E-state index in [2.05, 4.69) is 10.2 Å². The lowest BCUT2D eigenvalue weighted by Gasteiger charge is -2.41. The molecule has 2 rings (SSSR count). The fourth-order valence-corrected chi connectivity index (χ4v) is 3.18. The molecule has 1 atom stereocenters. The summed E-state index contributed by atoms with van der Waals surface area (Å²) in [5, 5.41) is 2.84. The standard InChI is InChI=1S/C20H31N3O4/c1-6-21-18(24)14-22-11-12-23(19(25)27-20(2,3)4)13-16(22)15-9-7-8-10-17(15)26-5/h7-10,16H,6,11-14H2,1-5H3,(H,21,24)/t16-/m0/s1. The van der Waals surface area contributed by atoms with E-state index in [1.807, 2.05) is 52.0 Å². The van der Waals surface area contributed by atoms with Gasteiger partial charge in [0, 0.05) is 31.7 Å². The van der Waals surface area contributed by atoms with E-state index < -0.39 is 5.60 Å². The molecule has 1 aromatic carbocycles. The van der Waals surface area contributed by atoms with E-state index in [0.717, 1.165) is 11.3 Å². The van der Waals surface area contributed by atoms with Gasteiger partial charge < -0.3 is 19.7 Å². The molecule has 7 heteroatoms. The smallest absolute Gasteiger partial charge is 0.410 e. The van der Waals surface area contributed by atoms with Crippen molar-refractivity contribution in [2.45, 2.75) is 39.3 Å². The Labute approximate surface area is 161 Å². The molecule has 0 spiro atoms. The third-order valence-electron chi connectivity index (χ3n) is 4.36. The molecule has 2 amide bonds. The zero-order valence-electron chi connectivity index (χ0n) is 16.9. The van der Waals surface area contributed by atoms with Crippen molar-refractivity contribution >= 4 is 12.0 Å². The summed E-state index contributed by atoms with van der Waals surface area (Å²) >= 11 is 0.